The van der Waals surface area contributed by atoms with Crippen LogP contribution in [-0.4, -0.2) is 17.6 Å². The molecule has 13 heavy (non-hydrogen) atoms. The van der Waals surface area contributed by atoms with E-state index in [-0.39, 0.29) is 11.8 Å². The normalized spacial score (nSPS) is 42.5. The Labute approximate surface area is 78.3 Å². The summed E-state index contributed by atoms with van der Waals surface area (Å²) in [5.41, 5.74) is 5.65. The van der Waals surface area contributed by atoms with Crippen LogP contribution in [0.3, 0.4) is 0 Å². The zero-order valence-electron chi connectivity index (χ0n) is 7.83. The van der Waals surface area contributed by atoms with Crippen LogP contribution in [0, 0.1) is 17.3 Å². The minimum atomic E-state index is -0.688. The van der Waals surface area contributed by atoms with Gasteiger partial charge in [0.15, 0.2) is 0 Å². The van der Waals surface area contributed by atoms with Crippen molar-refractivity contribution in [3.05, 3.63) is 0 Å². The van der Waals surface area contributed by atoms with Crippen molar-refractivity contribution in [1.29, 1.82) is 0 Å². The fourth-order valence-electron chi connectivity index (χ4n) is 3.08. The van der Waals surface area contributed by atoms with Crippen molar-refractivity contribution < 1.29 is 9.90 Å². The first-order valence-corrected chi connectivity index (χ1v) is 5.07. The average Bonchev–Trinajstić information content (AvgIpc) is 2.28. The molecule has 74 valence electrons. The molecule has 0 aliphatic heterocycles. The van der Waals surface area contributed by atoms with E-state index in [4.69, 9.17) is 10.8 Å². The Morgan fingerprint density at radius 2 is 1.92 bits per heavy atom. The maximum atomic E-state index is 10.7. The van der Waals surface area contributed by atoms with Crippen LogP contribution in [-0.2, 0) is 4.79 Å². The molecule has 0 radical (unpaired) electrons. The first-order valence-electron chi connectivity index (χ1n) is 5.07. The van der Waals surface area contributed by atoms with E-state index in [9.17, 15) is 4.79 Å². The summed E-state index contributed by atoms with van der Waals surface area (Å²) >= 11 is 0. The van der Waals surface area contributed by atoms with Gasteiger partial charge in [-0.05, 0) is 49.5 Å². The number of hydrogen-bond donors (Lipinski definition) is 2. The zero-order chi connectivity index (χ0) is 9.47. The van der Waals surface area contributed by atoms with Gasteiger partial charge in [-0.1, -0.05) is 0 Å². The molecule has 2 rings (SSSR count). The number of aliphatic carboxylic acids is 1. The third-order valence-electron chi connectivity index (χ3n) is 3.92. The number of rotatable bonds is 3. The van der Waals surface area contributed by atoms with E-state index in [1.165, 1.54) is 12.8 Å². The van der Waals surface area contributed by atoms with Gasteiger partial charge in [0.1, 0.15) is 0 Å². The average molecular weight is 183 g/mol. The first-order chi connectivity index (χ1) is 6.15. The Kier molecular flexibility index (Phi) is 2.06. The number of fused-ring (bicyclic) bond motifs is 1. The van der Waals surface area contributed by atoms with E-state index in [0.717, 1.165) is 24.7 Å². The number of carboxylic acid groups (broad SMARTS) is 1. The van der Waals surface area contributed by atoms with E-state index in [0.29, 0.717) is 6.54 Å². The molecule has 0 spiro atoms. The molecule has 0 amide bonds. The Balaban J connectivity index is 2.03. The Bertz CT molecular complexity index is 215. The Morgan fingerprint density at radius 1 is 1.38 bits per heavy atom. The van der Waals surface area contributed by atoms with Gasteiger partial charge in [-0.2, -0.15) is 0 Å². The number of carboxylic acids is 1. The lowest BCUT2D eigenvalue weighted by molar-refractivity contribution is -0.139. The van der Waals surface area contributed by atoms with Gasteiger partial charge in [0.2, 0.25) is 0 Å². The lowest BCUT2D eigenvalue weighted by atomic mass is 9.77. The number of carbonyl (C=O) groups is 1. The summed E-state index contributed by atoms with van der Waals surface area (Å²) in [5.74, 6) is 0.901. The molecule has 3 heteroatoms. The highest BCUT2D eigenvalue weighted by atomic mass is 16.4. The Hall–Kier alpha value is -0.570. The number of hydrogen-bond acceptors (Lipinski definition) is 2. The van der Waals surface area contributed by atoms with Gasteiger partial charge >= 0.3 is 5.97 Å². The fraction of sp³-hybridized carbons (Fsp3) is 0.900. The van der Waals surface area contributed by atoms with E-state index in [1.807, 2.05) is 0 Å². The maximum Gasteiger partial charge on any atom is 0.303 e. The number of nitrogens with two attached hydrogens (primary N) is 1. The summed E-state index contributed by atoms with van der Waals surface area (Å²) in [7, 11) is 0. The summed E-state index contributed by atoms with van der Waals surface area (Å²) in [6.07, 6.45) is 4.98. The van der Waals surface area contributed by atoms with Crippen molar-refractivity contribution in [3.8, 4) is 0 Å². The third kappa shape index (κ3) is 1.46. The molecule has 0 aromatic carbocycles. The molecule has 0 saturated heterocycles. The van der Waals surface area contributed by atoms with E-state index < -0.39 is 5.97 Å². The van der Waals surface area contributed by atoms with Gasteiger partial charge in [-0.15, -0.1) is 0 Å². The third-order valence-corrected chi connectivity index (χ3v) is 3.92. The summed E-state index contributed by atoms with van der Waals surface area (Å²) in [5, 5.41) is 8.81. The Morgan fingerprint density at radius 3 is 2.23 bits per heavy atom. The molecule has 0 aromatic rings. The van der Waals surface area contributed by atoms with Crippen LogP contribution in [0.2, 0.25) is 0 Å². The topological polar surface area (TPSA) is 63.3 Å². The van der Waals surface area contributed by atoms with Crippen LogP contribution in [0.25, 0.3) is 0 Å². The molecular formula is C10H17NO2. The van der Waals surface area contributed by atoms with Gasteiger partial charge in [0.05, 0.1) is 6.42 Å². The van der Waals surface area contributed by atoms with Gasteiger partial charge in [0.25, 0.3) is 0 Å². The lowest BCUT2D eigenvalue weighted by Crippen LogP contribution is -2.30. The molecule has 2 saturated carbocycles. The smallest absolute Gasteiger partial charge is 0.303 e. The van der Waals surface area contributed by atoms with Gasteiger partial charge in [-0.25, -0.2) is 0 Å². The maximum absolute atomic E-state index is 10.7. The molecule has 0 aromatic heterocycles. The van der Waals surface area contributed by atoms with Crippen LogP contribution in [0.15, 0.2) is 0 Å². The summed E-state index contributed by atoms with van der Waals surface area (Å²) < 4.78 is 0. The van der Waals surface area contributed by atoms with Crippen molar-refractivity contribution in [2.45, 2.75) is 32.1 Å². The second-order valence-corrected chi connectivity index (χ2v) is 4.78. The highest BCUT2D eigenvalue weighted by Gasteiger charge is 2.49. The largest absolute Gasteiger partial charge is 0.481 e. The molecule has 0 bridgehead atoms. The lowest BCUT2D eigenvalue weighted by Gasteiger charge is -2.29. The monoisotopic (exact) mass is 183 g/mol. The highest BCUT2D eigenvalue weighted by molar-refractivity contribution is 5.67. The zero-order valence-corrected chi connectivity index (χ0v) is 7.83. The summed E-state index contributed by atoms with van der Waals surface area (Å²) in [6, 6.07) is 0. The van der Waals surface area contributed by atoms with E-state index >= 15 is 0 Å². The first kappa shape index (κ1) is 9.00. The van der Waals surface area contributed by atoms with Crippen LogP contribution in [0.4, 0.5) is 0 Å². The molecule has 0 heterocycles. The van der Waals surface area contributed by atoms with E-state index in [2.05, 4.69) is 0 Å². The second-order valence-electron chi connectivity index (χ2n) is 4.78. The quantitative estimate of drug-likeness (QED) is 0.691. The van der Waals surface area contributed by atoms with Crippen molar-refractivity contribution in [2.75, 3.05) is 6.54 Å². The van der Waals surface area contributed by atoms with Gasteiger partial charge < -0.3 is 10.8 Å². The molecule has 3 nitrogen and oxygen atoms in total. The molecule has 2 aliphatic rings. The van der Waals surface area contributed by atoms with Crippen LogP contribution >= 0.6 is 0 Å². The van der Waals surface area contributed by atoms with Crippen LogP contribution in [0.5, 0.6) is 0 Å². The SMILES string of the molecule is NC[C@]1(CC(=O)O)C[C@H]2CC[C@H]2C1. The minimum absolute atomic E-state index is 0.0579. The standard InChI is InChI=1S/C10H17NO2/c11-6-10(5-9(12)13)3-7-1-2-8(7)4-10/h7-8H,1-6,11H2,(H,12,13)/t7-,8+,10-. The molecule has 0 unspecified atom stereocenters. The fourth-order valence-corrected chi connectivity index (χ4v) is 3.08. The molecular weight excluding hydrogens is 166 g/mol. The van der Waals surface area contributed by atoms with Crippen LogP contribution < -0.4 is 5.73 Å². The minimum Gasteiger partial charge on any atom is -0.481 e. The summed E-state index contributed by atoms with van der Waals surface area (Å²) in [4.78, 5) is 10.7. The predicted molar refractivity (Wildman–Crippen MR) is 49.2 cm³/mol. The molecule has 2 fully saturated rings. The van der Waals surface area contributed by atoms with Gasteiger partial charge in [-0.3, -0.25) is 4.79 Å². The molecule has 2 aliphatic carbocycles. The van der Waals surface area contributed by atoms with Crippen LogP contribution in [0.1, 0.15) is 32.1 Å². The summed E-state index contributed by atoms with van der Waals surface area (Å²) in [6.45, 7) is 0.548. The molecule has 3 N–H and O–H groups in total. The van der Waals surface area contributed by atoms with Crippen molar-refractivity contribution in [1.82, 2.24) is 0 Å². The molecule has 3 atom stereocenters. The second kappa shape index (κ2) is 2.98. The van der Waals surface area contributed by atoms with Crippen molar-refractivity contribution in [2.24, 2.45) is 23.0 Å². The predicted octanol–water partition coefficient (Wildman–Crippen LogP) is 1.23. The van der Waals surface area contributed by atoms with Crippen molar-refractivity contribution in [3.63, 3.8) is 0 Å². The van der Waals surface area contributed by atoms with Crippen molar-refractivity contribution >= 4 is 5.97 Å². The highest BCUT2D eigenvalue weighted by Crippen LogP contribution is 2.56. The van der Waals surface area contributed by atoms with Gasteiger partial charge in [0, 0.05) is 0 Å². The van der Waals surface area contributed by atoms with E-state index in [1.54, 1.807) is 0 Å².